The van der Waals surface area contributed by atoms with Crippen molar-refractivity contribution >= 4 is 33.5 Å². The van der Waals surface area contributed by atoms with Crippen molar-refractivity contribution in [3.05, 3.63) is 34.9 Å². The van der Waals surface area contributed by atoms with E-state index in [2.05, 4.69) is 10.2 Å². The van der Waals surface area contributed by atoms with Crippen LogP contribution in [-0.2, 0) is 14.9 Å². The Morgan fingerprint density at radius 1 is 1.25 bits per heavy atom. The van der Waals surface area contributed by atoms with E-state index in [1.807, 2.05) is 13.8 Å². The first-order valence-corrected chi connectivity index (χ1v) is 11.8. The molecule has 0 saturated carbocycles. The van der Waals surface area contributed by atoms with Crippen molar-refractivity contribution in [1.29, 1.82) is 0 Å². The minimum atomic E-state index is -4.41. The molecular formula is C19H25N3O4S2. The lowest BCUT2D eigenvalue weighted by Crippen LogP contribution is -2.59. The van der Waals surface area contributed by atoms with Gasteiger partial charge in [0.2, 0.25) is 0 Å². The molecule has 152 valence electrons. The first-order valence-electron chi connectivity index (χ1n) is 9.46. The molecule has 0 aliphatic carbocycles. The van der Waals surface area contributed by atoms with E-state index in [0.717, 1.165) is 42.9 Å². The van der Waals surface area contributed by atoms with E-state index in [4.69, 9.17) is 0 Å². The van der Waals surface area contributed by atoms with Crippen molar-refractivity contribution in [3.8, 4) is 0 Å². The average molecular weight is 424 g/mol. The molecule has 2 N–H and O–H groups in total. The van der Waals surface area contributed by atoms with E-state index >= 15 is 0 Å². The second-order valence-corrected chi connectivity index (χ2v) is 10.5. The van der Waals surface area contributed by atoms with Crippen LogP contribution in [0.25, 0.3) is 0 Å². The summed E-state index contributed by atoms with van der Waals surface area (Å²) in [6.07, 6.45) is 3.98. The summed E-state index contributed by atoms with van der Waals surface area (Å²) in [5.74, 6) is 0.384. The molecular weight excluding hydrogens is 398 g/mol. The number of carbonyl (C=O) groups excluding carboxylic acids is 1. The largest absolute Gasteiger partial charge is 0.349 e. The van der Waals surface area contributed by atoms with Gasteiger partial charge in [-0.3, -0.25) is 9.35 Å². The van der Waals surface area contributed by atoms with Crippen LogP contribution >= 0.6 is 11.8 Å². The van der Waals surface area contributed by atoms with Crippen LogP contribution in [0.1, 0.15) is 25.3 Å². The highest BCUT2D eigenvalue weighted by atomic mass is 32.2. The Morgan fingerprint density at radius 2 is 1.96 bits per heavy atom. The standard InChI is InChI=1S/C19H25N3O4S2/c1-12-3-4-17(28(24,25)26)16(9-12)22-10-13(2)27-19(22)18(23)20-15-11-21-7-5-14(15)6-8-21/h3-4,9-10,14-15,19H,5-8,11H2,1-2H3,(H,20,23)(H,24,25,26)/t15-,19?/m0/s1. The number of rotatable bonds is 4. The van der Waals surface area contributed by atoms with Crippen LogP contribution < -0.4 is 10.2 Å². The summed E-state index contributed by atoms with van der Waals surface area (Å²) in [5.41, 5.74) is 1.17. The zero-order valence-corrected chi connectivity index (χ0v) is 17.6. The minimum absolute atomic E-state index is 0.125. The van der Waals surface area contributed by atoms with Gasteiger partial charge < -0.3 is 15.1 Å². The molecule has 1 unspecified atom stereocenters. The summed E-state index contributed by atoms with van der Waals surface area (Å²) >= 11 is 1.40. The molecule has 4 aliphatic rings. The number of amides is 1. The summed E-state index contributed by atoms with van der Waals surface area (Å²) in [5, 5.41) is 2.60. The van der Waals surface area contributed by atoms with Crippen molar-refractivity contribution in [2.24, 2.45) is 5.92 Å². The highest BCUT2D eigenvalue weighted by molar-refractivity contribution is 8.04. The molecule has 4 heterocycles. The van der Waals surface area contributed by atoms with Gasteiger partial charge in [0.15, 0.2) is 5.37 Å². The van der Waals surface area contributed by atoms with Crippen LogP contribution in [0.4, 0.5) is 5.69 Å². The van der Waals surface area contributed by atoms with Gasteiger partial charge in [-0.1, -0.05) is 17.8 Å². The lowest BCUT2D eigenvalue weighted by atomic mass is 9.84. The SMILES string of the molecule is CC1=CN(c2cc(C)ccc2S(=O)(=O)O)C(C(=O)N[C@H]2CN3CCC2CC3)S1. The molecule has 1 aromatic carbocycles. The topological polar surface area (TPSA) is 90.0 Å². The Morgan fingerprint density at radius 3 is 2.57 bits per heavy atom. The Hall–Kier alpha value is -1.55. The quantitative estimate of drug-likeness (QED) is 0.718. The van der Waals surface area contributed by atoms with Crippen LogP contribution in [0, 0.1) is 12.8 Å². The van der Waals surface area contributed by atoms with Crippen LogP contribution in [0.2, 0.25) is 0 Å². The van der Waals surface area contributed by atoms with E-state index in [9.17, 15) is 17.8 Å². The number of allylic oxidation sites excluding steroid dienone is 1. The number of hydrogen-bond acceptors (Lipinski definition) is 6. The third kappa shape index (κ3) is 3.80. The second-order valence-electron chi connectivity index (χ2n) is 7.82. The molecule has 4 aliphatic heterocycles. The third-order valence-corrected chi connectivity index (χ3v) is 7.79. The monoisotopic (exact) mass is 423 g/mol. The number of carbonyl (C=O) groups is 1. The summed E-state index contributed by atoms with van der Waals surface area (Å²) in [7, 11) is -4.41. The molecule has 1 aromatic rings. The van der Waals surface area contributed by atoms with E-state index < -0.39 is 15.5 Å². The van der Waals surface area contributed by atoms with Crippen LogP contribution in [-0.4, -0.2) is 54.8 Å². The number of nitrogens with one attached hydrogen (secondary N) is 1. The smallest absolute Gasteiger partial charge is 0.296 e. The number of nitrogens with zero attached hydrogens (tertiary/aromatic N) is 2. The lowest BCUT2D eigenvalue weighted by Gasteiger charge is -2.45. The van der Waals surface area contributed by atoms with Gasteiger partial charge in [0, 0.05) is 23.7 Å². The van der Waals surface area contributed by atoms with Gasteiger partial charge >= 0.3 is 0 Å². The molecule has 2 bridgehead atoms. The predicted octanol–water partition coefficient (Wildman–Crippen LogP) is 2.19. The maximum Gasteiger partial charge on any atom is 0.296 e. The van der Waals surface area contributed by atoms with Crippen molar-refractivity contribution in [2.45, 2.75) is 43.0 Å². The maximum absolute atomic E-state index is 13.1. The van der Waals surface area contributed by atoms with Gasteiger partial charge in [-0.2, -0.15) is 8.42 Å². The highest BCUT2D eigenvalue weighted by Gasteiger charge is 2.39. The van der Waals surface area contributed by atoms with E-state index in [-0.39, 0.29) is 16.8 Å². The zero-order valence-electron chi connectivity index (χ0n) is 16.0. The van der Waals surface area contributed by atoms with Crippen LogP contribution in [0.5, 0.6) is 0 Å². The molecule has 2 atom stereocenters. The third-order valence-electron chi connectivity index (χ3n) is 5.75. The molecule has 3 saturated heterocycles. The fourth-order valence-corrected chi connectivity index (χ4v) is 5.99. The molecule has 0 aromatic heterocycles. The van der Waals surface area contributed by atoms with E-state index in [0.29, 0.717) is 11.6 Å². The summed E-state index contributed by atoms with van der Waals surface area (Å²) in [6, 6.07) is 4.84. The minimum Gasteiger partial charge on any atom is -0.349 e. The van der Waals surface area contributed by atoms with Gasteiger partial charge in [-0.05, 0) is 63.4 Å². The predicted molar refractivity (Wildman–Crippen MR) is 110 cm³/mol. The fourth-order valence-electron chi connectivity index (χ4n) is 4.33. The first-order chi connectivity index (χ1) is 13.2. The van der Waals surface area contributed by atoms with Crippen LogP contribution in [0.15, 0.2) is 34.2 Å². The number of piperidine rings is 3. The molecule has 1 amide bonds. The Bertz CT molecular complexity index is 923. The highest BCUT2D eigenvalue weighted by Crippen LogP contribution is 2.39. The molecule has 0 spiro atoms. The van der Waals surface area contributed by atoms with Crippen molar-refractivity contribution in [2.75, 3.05) is 24.5 Å². The summed E-state index contributed by atoms with van der Waals surface area (Å²) in [4.78, 5) is 17.9. The first kappa shape index (κ1) is 19.8. The number of fused-ring (bicyclic) bond motifs is 3. The molecule has 28 heavy (non-hydrogen) atoms. The van der Waals surface area contributed by atoms with E-state index in [1.165, 1.54) is 17.8 Å². The molecule has 9 heteroatoms. The molecule has 7 nitrogen and oxygen atoms in total. The Balaban J connectivity index is 1.60. The number of thioether (sulfide) groups is 1. The number of benzene rings is 1. The van der Waals surface area contributed by atoms with Gasteiger partial charge in [0.05, 0.1) is 5.69 Å². The normalized spacial score (nSPS) is 29.7. The maximum atomic E-state index is 13.1. The summed E-state index contributed by atoms with van der Waals surface area (Å²) in [6.45, 7) is 6.81. The molecule has 3 fully saturated rings. The number of hydrogen-bond donors (Lipinski definition) is 2. The van der Waals surface area contributed by atoms with Gasteiger partial charge in [-0.25, -0.2) is 0 Å². The molecule has 5 rings (SSSR count). The number of aryl methyl sites for hydroxylation is 1. The molecule has 0 radical (unpaired) electrons. The van der Waals surface area contributed by atoms with Crippen molar-refractivity contribution in [3.63, 3.8) is 0 Å². The summed E-state index contributed by atoms with van der Waals surface area (Å²) < 4.78 is 33.4. The van der Waals surface area contributed by atoms with Crippen molar-refractivity contribution < 1.29 is 17.8 Å². The zero-order chi connectivity index (χ0) is 20.1. The second kappa shape index (κ2) is 7.37. The average Bonchev–Trinajstić information content (AvgIpc) is 3.03. The van der Waals surface area contributed by atoms with Crippen molar-refractivity contribution in [1.82, 2.24) is 10.2 Å². The fraction of sp³-hybridized carbons (Fsp3) is 0.526. The van der Waals surface area contributed by atoms with Gasteiger partial charge in [0.25, 0.3) is 16.0 Å². The number of anilines is 1. The Labute approximate surface area is 169 Å². The lowest BCUT2D eigenvalue weighted by molar-refractivity contribution is -0.122. The Kier molecular flexibility index (Phi) is 5.20. The van der Waals surface area contributed by atoms with E-state index in [1.54, 1.807) is 23.2 Å². The van der Waals surface area contributed by atoms with Crippen LogP contribution in [0.3, 0.4) is 0 Å². The van der Waals surface area contributed by atoms with Gasteiger partial charge in [0.1, 0.15) is 4.90 Å². The van der Waals surface area contributed by atoms with Gasteiger partial charge in [-0.15, -0.1) is 0 Å².